The van der Waals surface area contributed by atoms with Crippen LogP contribution in [0.25, 0.3) is 27.4 Å². The number of carbonyl (C=O) groups is 3. The molecule has 0 spiro atoms. The molecule has 1 N–H and O–H groups in total. The van der Waals surface area contributed by atoms with Crippen LogP contribution < -0.4 is 29.2 Å². The SMILES string of the molecule is CCCCN(CCCC)c1ccc(CC2Cc3ccccc3/C2=C/C2=[N+](C)c3ccc(OC=O)cc3C2(C)C)cc1.CCCC[n+]1c(C=C2NC(=O)C(c3ccc(N(C)C)cc3)=C2C#N)sc2cc(OC=O)ccc21. The summed E-state index contributed by atoms with van der Waals surface area (Å²) in [5.74, 6) is 1.19. The van der Waals surface area contributed by atoms with Gasteiger partial charge in [0, 0.05) is 80.9 Å². The van der Waals surface area contributed by atoms with Gasteiger partial charge in [-0.05, 0) is 116 Å². The standard InChI is InChI=1S/C37H45N2O2.C26H24N4O3S/c1-6-8-20-39(21-9-7-2)30-16-14-27(15-17-30)22-29-23-28-12-10-11-13-32(28)33(29)25-36-37(3,4)34-24-31(41-26-40)18-19-35(34)38(36)5;1-4-5-12-30-22-11-10-19(33-16-31)13-23(22)34-24(30)14-21-20(15-27)25(26(32)28-21)17-6-8-18(9-7-17)29(2)3/h10-19,24-26,29H,6-9,20-23H2,1-5H3;6-11,13-14,16H,4-5,12H2,1-3H3/q+1;/p+1/b33-25+;. The zero-order valence-corrected chi connectivity index (χ0v) is 45.6. The van der Waals surface area contributed by atoms with E-state index in [1.807, 2.05) is 73.6 Å². The van der Waals surface area contributed by atoms with E-state index in [4.69, 9.17) is 9.47 Å². The van der Waals surface area contributed by atoms with E-state index in [9.17, 15) is 19.6 Å². The summed E-state index contributed by atoms with van der Waals surface area (Å²) >= 11 is 1.52. The van der Waals surface area contributed by atoms with Crippen LogP contribution in [-0.4, -0.2) is 63.4 Å². The zero-order chi connectivity index (χ0) is 53.2. The molecule has 75 heavy (non-hydrogen) atoms. The molecular weight excluding hydrogens is 953 g/mol. The molecule has 0 radical (unpaired) electrons. The van der Waals surface area contributed by atoms with E-state index in [0.717, 1.165) is 71.9 Å². The highest BCUT2D eigenvalue weighted by Gasteiger charge is 2.44. The van der Waals surface area contributed by atoms with E-state index in [-0.39, 0.29) is 11.3 Å². The average Bonchev–Trinajstić information content (AvgIpc) is 4.12. The topological polar surface area (TPSA) is 119 Å². The van der Waals surface area contributed by atoms with Crippen LogP contribution in [0.15, 0.2) is 127 Å². The third kappa shape index (κ3) is 11.7. The first-order valence-corrected chi connectivity index (χ1v) is 27.2. The predicted molar refractivity (Wildman–Crippen MR) is 304 cm³/mol. The van der Waals surface area contributed by atoms with Crippen molar-refractivity contribution in [1.29, 1.82) is 5.26 Å². The number of aromatic nitrogens is 1. The molecule has 5 aromatic carbocycles. The van der Waals surface area contributed by atoms with Gasteiger partial charge in [0.2, 0.25) is 11.2 Å². The third-order valence-electron chi connectivity index (χ3n) is 14.7. The lowest BCUT2D eigenvalue weighted by Crippen LogP contribution is -2.35. The minimum Gasteiger partial charge on any atom is -0.429 e. The van der Waals surface area contributed by atoms with Gasteiger partial charge in [0.15, 0.2) is 12.3 Å². The monoisotopic (exact) mass is 1020 g/mol. The van der Waals surface area contributed by atoms with Crippen molar-refractivity contribution in [3.8, 4) is 17.6 Å². The van der Waals surface area contributed by atoms with Crippen LogP contribution in [0.5, 0.6) is 11.5 Å². The summed E-state index contributed by atoms with van der Waals surface area (Å²) < 4.78 is 15.6. The molecule has 386 valence electrons. The summed E-state index contributed by atoms with van der Waals surface area (Å²) in [6, 6.07) is 39.5. The summed E-state index contributed by atoms with van der Waals surface area (Å²) in [6.45, 7) is 15.2. The highest BCUT2D eigenvalue weighted by molar-refractivity contribution is 7.18. The van der Waals surface area contributed by atoms with E-state index in [1.54, 1.807) is 6.07 Å². The highest BCUT2D eigenvalue weighted by atomic mass is 32.1. The van der Waals surface area contributed by atoms with E-state index in [1.165, 1.54) is 76.2 Å². The number of amides is 1. The fraction of sp³-hybridized carbons (Fsp3) is 0.333. The first-order chi connectivity index (χ1) is 36.3. The lowest BCUT2D eigenvalue weighted by Gasteiger charge is -2.25. The van der Waals surface area contributed by atoms with E-state index < -0.39 is 0 Å². The summed E-state index contributed by atoms with van der Waals surface area (Å²) in [4.78, 5) is 39.1. The Labute approximate surface area is 446 Å². The van der Waals surface area contributed by atoms with Crippen LogP contribution in [-0.2, 0) is 39.2 Å². The normalized spacial score (nSPS) is 16.4. The molecule has 3 aliphatic rings. The Hall–Kier alpha value is -7.62. The second kappa shape index (κ2) is 24.2. The molecule has 11 nitrogen and oxygen atoms in total. The number of carbonyl (C=O) groups excluding carboxylic acids is 3. The number of nitrogens with zero attached hydrogens (tertiary/aromatic N) is 5. The number of ether oxygens (including phenoxy) is 2. The van der Waals surface area contributed by atoms with Gasteiger partial charge in [-0.15, -0.1) is 0 Å². The van der Waals surface area contributed by atoms with Gasteiger partial charge in [-0.1, -0.05) is 99.9 Å². The largest absolute Gasteiger partial charge is 0.429 e. The molecule has 6 aromatic rings. The number of benzene rings is 5. The lowest BCUT2D eigenvalue weighted by molar-refractivity contribution is -0.669. The molecule has 1 unspecified atom stereocenters. The van der Waals surface area contributed by atoms with Crippen molar-refractivity contribution in [3.05, 3.63) is 159 Å². The van der Waals surface area contributed by atoms with Crippen LogP contribution in [0.4, 0.5) is 17.1 Å². The Morgan fingerprint density at radius 3 is 2.12 bits per heavy atom. The Kier molecular flexibility index (Phi) is 17.3. The number of rotatable bonds is 20. The summed E-state index contributed by atoms with van der Waals surface area (Å²) in [5.41, 5.74) is 14.3. The van der Waals surface area contributed by atoms with Crippen LogP contribution >= 0.6 is 11.3 Å². The Balaban J connectivity index is 0.000000203. The quantitative estimate of drug-likeness (QED) is 0.0593. The second-order valence-electron chi connectivity index (χ2n) is 20.3. The Morgan fingerprint density at radius 1 is 0.813 bits per heavy atom. The number of unbranched alkanes of at least 4 members (excludes halogenated alkanes) is 3. The molecule has 3 heterocycles. The van der Waals surface area contributed by atoms with Gasteiger partial charge < -0.3 is 24.6 Å². The molecular formula is C63H70N6O5S+2. The Morgan fingerprint density at radius 2 is 1.47 bits per heavy atom. The van der Waals surface area contributed by atoms with Gasteiger partial charge in [0.05, 0.1) is 22.3 Å². The van der Waals surface area contributed by atoms with Crippen molar-refractivity contribution >= 4 is 80.4 Å². The number of thiazole rings is 1. The van der Waals surface area contributed by atoms with E-state index >= 15 is 0 Å². The molecule has 9 rings (SSSR count). The van der Waals surface area contributed by atoms with Gasteiger partial charge in [-0.2, -0.15) is 14.4 Å². The van der Waals surface area contributed by atoms with Crippen molar-refractivity contribution in [2.75, 3.05) is 44.0 Å². The average molecular weight is 1020 g/mol. The number of aryl methyl sites for hydroxylation is 1. The Bertz CT molecular complexity index is 3240. The van der Waals surface area contributed by atoms with E-state index in [0.29, 0.717) is 52.8 Å². The maximum atomic E-state index is 12.9. The summed E-state index contributed by atoms with van der Waals surface area (Å²) in [5, 5.41) is 13.7. The molecule has 1 aliphatic carbocycles. The molecule has 0 bridgehead atoms. The van der Waals surface area contributed by atoms with Gasteiger partial charge in [0.25, 0.3) is 23.9 Å². The van der Waals surface area contributed by atoms with Crippen molar-refractivity contribution < 1.29 is 33.0 Å². The van der Waals surface area contributed by atoms with Crippen molar-refractivity contribution in [2.24, 2.45) is 5.92 Å². The predicted octanol–water partition coefficient (Wildman–Crippen LogP) is 12.2. The number of nitriles is 1. The smallest absolute Gasteiger partial charge is 0.298 e. The number of fused-ring (bicyclic) bond motifs is 3. The highest BCUT2D eigenvalue weighted by Crippen LogP contribution is 2.45. The van der Waals surface area contributed by atoms with Crippen LogP contribution in [0.1, 0.15) is 106 Å². The molecule has 1 aromatic heterocycles. The molecule has 2 aliphatic heterocycles. The van der Waals surface area contributed by atoms with Crippen molar-refractivity contribution in [1.82, 2.24) is 5.32 Å². The van der Waals surface area contributed by atoms with Crippen LogP contribution in [0.2, 0.25) is 0 Å². The lowest BCUT2D eigenvalue weighted by atomic mass is 9.79. The van der Waals surface area contributed by atoms with Crippen molar-refractivity contribution in [3.63, 3.8) is 0 Å². The van der Waals surface area contributed by atoms with Gasteiger partial charge in [-0.25, -0.2) is 0 Å². The maximum absolute atomic E-state index is 12.9. The molecule has 0 saturated carbocycles. The molecule has 1 atom stereocenters. The fourth-order valence-electron chi connectivity index (χ4n) is 10.6. The summed E-state index contributed by atoms with van der Waals surface area (Å²) in [6.07, 6.45) is 13.3. The fourth-order valence-corrected chi connectivity index (χ4v) is 11.8. The van der Waals surface area contributed by atoms with Crippen LogP contribution in [0.3, 0.4) is 0 Å². The third-order valence-corrected chi connectivity index (χ3v) is 15.8. The first-order valence-electron chi connectivity index (χ1n) is 26.4. The maximum Gasteiger partial charge on any atom is 0.298 e. The first kappa shape index (κ1) is 53.7. The second-order valence-corrected chi connectivity index (χ2v) is 21.4. The molecule has 0 fully saturated rings. The number of nitrogens with one attached hydrogen (secondary N) is 1. The van der Waals surface area contributed by atoms with Gasteiger partial charge in [0.1, 0.15) is 29.3 Å². The van der Waals surface area contributed by atoms with Crippen LogP contribution in [0, 0.1) is 17.2 Å². The molecule has 12 heteroatoms. The zero-order valence-electron chi connectivity index (χ0n) is 44.7. The minimum atomic E-state index is -0.289. The molecule has 1 amide bonds. The van der Waals surface area contributed by atoms with Gasteiger partial charge >= 0.3 is 0 Å². The number of anilines is 2. The molecule has 0 saturated heterocycles. The number of hydrogen-bond acceptors (Lipinski definition) is 9. The van der Waals surface area contributed by atoms with Crippen molar-refractivity contribution in [2.45, 2.75) is 97.9 Å². The number of allylic oxidation sites excluding steroid dienone is 3. The summed E-state index contributed by atoms with van der Waals surface area (Å²) in [7, 11) is 6.05. The minimum absolute atomic E-state index is 0.219. The van der Waals surface area contributed by atoms with E-state index in [2.05, 4.69) is 128 Å². The van der Waals surface area contributed by atoms with Gasteiger partial charge in [-0.3, -0.25) is 14.4 Å². The number of hydrogen-bond donors (Lipinski definition) is 1.